The monoisotopic (exact) mass is 362 g/mol. The van der Waals surface area contributed by atoms with Gasteiger partial charge in [0.1, 0.15) is 5.82 Å². The first-order chi connectivity index (χ1) is 13.0. The summed E-state index contributed by atoms with van der Waals surface area (Å²) < 4.78 is 1.69. The van der Waals surface area contributed by atoms with Gasteiger partial charge < -0.3 is 11.5 Å². The molecule has 0 radical (unpaired) electrons. The number of benzene rings is 2. The second-order valence-corrected chi connectivity index (χ2v) is 6.18. The van der Waals surface area contributed by atoms with Crippen LogP contribution in [0.4, 0.5) is 17.2 Å². The first-order valence-electron chi connectivity index (χ1n) is 8.57. The Balaban J connectivity index is 0.000000156. The van der Waals surface area contributed by atoms with Gasteiger partial charge in [-0.05, 0) is 24.6 Å². The van der Waals surface area contributed by atoms with Crippen LogP contribution in [-0.4, -0.2) is 21.4 Å². The van der Waals surface area contributed by atoms with Crippen LogP contribution in [0, 0.1) is 0 Å². The number of nitrogen functional groups attached to an aromatic ring is 2. The molecular formula is C20H22N6O. The molecule has 3 aromatic rings. The van der Waals surface area contributed by atoms with Crippen LogP contribution in [0.5, 0.6) is 0 Å². The molecule has 0 bridgehead atoms. The molecule has 7 heteroatoms. The van der Waals surface area contributed by atoms with Gasteiger partial charge in [0, 0.05) is 5.71 Å². The molecule has 1 aromatic heterocycles. The molecule has 4 N–H and O–H groups in total. The van der Waals surface area contributed by atoms with Crippen molar-refractivity contribution in [3.05, 3.63) is 72.4 Å². The number of para-hydroxylation sites is 1. The Morgan fingerprint density at radius 1 is 1.00 bits per heavy atom. The van der Waals surface area contributed by atoms with Crippen molar-refractivity contribution in [1.82, 2.24) is 9.78 Å². The number of amides is 1. The topological polar surface area (TPSA) is 103 Å². The lowest BCUT2D eigenvalue weighted by Crippen LogP contribution is -2.19. The maximum absolute atomic E-state index is 11.4. The van der Waals surface area contributed by atoms with E-state index < -0.39 is 0 Å². The van der Waals surface area contributed by atoms with E-state index >= 15 is 0 Å². The van der Waals surface area contributed by atoms with Crippen LogP contribution in [0.1, 0.15) is 18.9 Å². The molecule has 1 aliphatic heterocycles. The van der Waals surface area contributed by atoms with E-state index in [9.17, 15) is 4.79 Å². The number of carbonyl (C=O) groups is 1. The highest BCUT2D eigenvalue weighted by atomic mass is 16.2. The SMILES string of the molecule is CC1=NN(c2ccccc2)C(=O)C1.Nc1cnn(Cc2ccccc2)c1N. The van der Waals surface area contributed by atoms with Crippen LogP contribution in [0.3, 0.4) is 0 Å². The summed E-state index contributed by atoms with van der Waals surface area (Å²) in [4.78, 5) is 11.4. The van der Waals surface area contributed by atoms with Crippen molar-refractivity contribution in [2.75, 3.05) is 16.5 Å². The van der Waals surface area contributed by atoms with Crippen molar-refractivity contribution >= 4 is 28.8 Å². The molecule has 0 aliphatic carbocycles. The fourth-order valence-electron chi connectivity index (χ4n) is 2.62. The molecule has 2 aromatic carbocycles. The molecule has 27 heavy (non-hydrogen) atoms. The lowest BCUT2D eigenvalue weighted by Gasteiger charge is -2.10. The molecule has 7 nitrogen and oxygen atoms in total. The standard InChI is InChI=1S/C10H12N4.C10H10N2O/c11-9-6-13-14(10(9)12)7-8-4-2-1-3-5-8;1-8-7-10(13)12(11-8)9-5-3-2-4-6-9/h1-6H,7,11-12H2;2-6H,7H2,1H3. The third kappa shape index (κ3) is 4.52. The van der Waals surface area contributed by atoms with Crippen LogP contribution in [0.2, 0.25) is 0 Å². The summed E-state index contributed by atoms with van der Waals surface area (Å²) in [5, 5.41) is 9.67. The molecule has 0 spiro atoms. The number of nitrogens with two attached hydrogens (primary N) is 2. The Morgan fingerprint density at radius 2 is 1.63 bits per heavy atom. The molecular weight excluding hydrogens is 340 g/mol. The molecule has 1 amide bonds. The second kappa shape index (κ2) is 8.18. The minimum absolute atomic E-state index is 0.0451. The number of hydrazone groups is 1. The average Bonchev–Trinajstić information content (AvgIpc) is 3.19. The summed E-state index contributed by atoms with van der Waals surface area (Å²) >= 11 is 0. The normalized spacial score (nSPS) is 13.1. The Hall–Kier alpha value is -3.61. The molecule has 0 unspecified atom stereocenters. The summed E-state index contributed by atoms with van der Waals surface area (Å²) in [6.45, 7) is 2.52. The Kier molecular flexibility index (Phi) is 5.51. The highest BCUT2D eigenvalue weighted by Gasteiger charge is 2.21. The summed E-state index contributed by atoms with van der Waals surface area (Å²) in [6.07, 6.45) is 2.01. The van der Waals surface area contributed by atoms with Crippen molar-refractivity contribution in [3.63, 3.8) is 0 Å². The number of hydrogen-bond donors (Lipinski definition) is 2. The molecule has 1 aliphatic rings. The van der Waals surface area contributed by atoms with Crippen LogP contribution in [0.25, 0.3) is 0 Å². The Labute approximate surface area is 157 Å². The van der Waals surface area contributed by atoms with E-state index in [1.54, 1.807) is 10.9 Å². The maximum atomic E-state index is 11.4. The zero-order chi connectivity index (χ0) is 19.2. The summed E-state index contributed by atoms with van der Waals surface area (Å²) in [7, 11) is 0. The minimum atomic E-state index is 0.0451. The largest absolute Gasteiger partial charge is 0.394 e. The smallest absolute Gasteiger partial charge is 0.253 e. The van der Waals surface area contributed by atoms with E-state index in [-0.39, 0.29) is 5.91 Å². The van der Waals surface area contributed by atoms with Gasteiger partial charge in [-0.15, -0.1) is 0 Å². The van der Waals surface area contributed by atoms with E-state index in [0.717, 1.165) is 17.0 Å². The van der Waals surface area contributed by atoms with Gasteiger partial charge in [0.25, 0.3) is 5.91 Å². The molecule has 0 atom stereocenters. The third-order valence-corrected chi connectivity index (χ3v) is 4.00. The predicted octanol–water partition coefficient (Wildman–Crippen LogP) is 2.90. The van der Waals surface area contributed by atoms with Gasteiger partial charge in [-0.2, -0.15) is 10.2 Å². The average molecular weight is 362 g/mol. The summed E-state index contributed by atoms with van der Waals surface area (Å²) in [5.41, 5.74) is 14.7. The van der Waals surface area contributed by atoms with Gasteiger partial charge in [-0.25, -0.2) is 9.69 Å². The maximum Gasteiger partial charge on any atom is 0.253 e. The van der Waals surface area contributed by atoms with Crippen LogP contribution in [-0.2, 0) is 11.3 Å². The lowest BCUT2D eigenvalue weighted by molar-refractivity contribution is -0.116. The number of anilines is 3. The molecule has 4 rings (SSSR count). The van der Waals surface area contributed by atoms with E-state index in [1.165, 1.54) is 5.01 Å². The minimum Gasteiger partial charge on any atom is -0.394 e. The number of nitrogens with zero attached hydrogens (tertiary/aromatic N) is 4. The zero-order valence-electron chi connectivity index (χ0n) is 15.1. The van der Waals surface area contributed by atoms with E-state index in [0.29, 0.717) is 24.5 Å². The van der Waals surface area contributed by atoms with Crippen LogP contribution in [0.15, 0.2) is 72.0 Å². The van der Waals surface area contributed by atoms with E-state index in [2.05, 4.69) is 10.2 Å². The van der Waals surface area contributed by atoms with Gasteiger partial charge in [-0.3, -0.25) is 4.79 Å². The number of hydrogen-bond acceptors (Lipinski definition) is 5. The molecule has 2 heterocycles. The van der Waals surface area contributed by atoms with E-state index in [1.807, 2.05) is 67.6 Å². The first-order valence-corrected chi connectivity index (χ1v) is 8.57. The van der Waals surface area contributed by atoms with Crippen molar-refractivity contribution in [3.8, 4) is 0 Å². The first kappa shape index (κ1) is 18.2. The van der Waals surface area contributed by atoms with Gasteiger partial charge in [-0.1, -0.05) is 48.5 Å². The molecule has 138 valence electrons. The molecule has 0 saturated carbocycles. The van der Waals surface area contributed by atoms with Gasteiger partial charge in [0.15, 0.2) is 0 Å². The van der Waals surface area contributed by atoms with Crippen LogP contribution >= 0.6 is 0 Å². The van der Waals surface area contributed by atoms with Gasteiger partial charge in [0.05, 0.1) is 30.5 Å². The zero-order valence-corrected chi connectivity index (χ0v) is 15.1. The molecule has 0 fully saturated rings. The summed E-state index contributed by atoms with van der Waals surface area (Å²) in [6, 6.07) is 19.5. The van der Waals surface area contributed by atoms with Crippen molar-refractivity contribution < 1.29 is 4.79 Å². The third-order valence-electron chi connectivity index (χ3n) is 4.00. The predicted molar refractivity (Wildman–Crippen MR) is 108 cm³/mol. The Morgan fingerprint density at radius 3 is 2.15 bits per heavy atom. The second-order valence-electron chi connectivity index (χ2n) is 6.18. The summed E-state index contributed by atoms with van der Waals surface area (Å²) in [5.74, 6) is 0.567. The van der Waals surface area contributed by atoms with Gasteiger partial charge >= 0.3 is 0 Å². The number of aromatic nitrogens is 2. The van der Waals surface area contributed by atoms with Crippen molar-refractivity contribution in [2.45, 2.75) is 19.9 Å². The van der Waals surface area contributed by atoms with Crippen molar-refractivity contribution in [2.24, 2.45) is 5.10 Å². The van der Waals surface area contributed by atoms with Crippen LogP contribution < -0.4 is 16.5 Å². The highest BCUT2D eigenvalue weighted by molar-refractivity contribution is 6.12. The highest BCUT2D eigenvalue weighted by Crippen LogP contribution is 2.19. The number of rotatable bonds is 3. The quantitative estimate of drug-likeness (QED) is 0.748. The molecule has 0 saturated heterocycles. The fraction of sp³-hybridized carbons (Fsp3) is 0.150. The fourth-order valence-corrected chi connectivity index (χ4v) is 2.62. The number of carbonyl (C=O) groups excluding carboxylic acids is 1. The lowest BCUT2D eigenvalue weighted by atomic mass is 10.2. The Bertz CT molecular complexity index is 934. The van der Waals surface area contributed by atoms with Crippen molar-refractivity contribution in [1.29, 1.82) is 0 Å². The van der Waals surface area contributed by atoms with E-state index in [4.69, 9.17) is 11.5 Å². The van der Waals surface area contributed by atoms with Gasteiger partial charge in [0.2, 0.25) is 0 Å².